The van der Waals surface area contributed by atoms with E-state index in [0.29, 0.717) is 18.8 Å². The number of carbonyl (C=O) groups is 1. The Kier molecular flexibility index (Phi) is 4.33. The maximum absolute atomic E-state index is 13.0. The molecule has 3 aromatic rings. The molecule has 1 aliphatic rings. The van der Waals surface area contributed by atoms with E-state index in [4.69, 9.17) is 4.74 Å². The summed E-state index contributed by atoms with van der Waals surface area (Å²) in [7, 11) is 0. The van der Waals surface area contributed by atoms with Gasteiger partial charge in [-0.2, -0.15) is 0 Å². The van der Waals surface area contributed by atoms with Crippen molar-refractivity contribution >= 4 is 5.91 Å². The van der Waals surface area contributed by atoms with Crippen LogP contribution in [0.1, 0.15) is 27.3 Å². The van der Waals surface area contributed by atoms with Crippen molar-refractivity contribution in [1.29, 1.82) is 0 Å². The molecule has 1 aromatic carbocycles. The molecule has 0 unspecified atom stereocenters. The first kappa shape index (κ1) is 16.8. The standard InChI is InChI=1S/C20H17N3O4/c24-15-8-17(25)19(18(9-15)27-12-14-5-1-2-6-21-14)20(26)23-10-13-4-3-7-22-16(13)11-23/h1-9,24-25H,10-12H2. The van der Waals surface area contributed by atoms with Crippen molar-refractivity contribution in [3.05, 3.63) is 77.4 Å². The van der Waals surface area contributed by atoms with E-state index in [1.54, 1.807) is 29.4 Å². The van der Waals surface area contributed by atoms with Gasteiger partial charge in [0.05, 0.1) is 17.9 Å². The number of aromatic nitrogens is 2. The van der Waals surface area contributed by atoms with Gasteiger partial charge in [0.25, 0.3) is 5.91 Å². The van der Waals surface area contributed by atoms with Crippen LogP contribution in [0.15, 0.2) is 54.9 Å². The van der Waals surface area contributed by atoms with Gasteiger partial charge >= 0.3 is 0 Å². The number of pyridine rings is 2. The number of hydrogen-bond acceptors (Lipinski definition) is 6. The molecule has 0 atom stereocenters. The van der Waals surface area contributed by atoms with Gasteiger partial charge in [-0.3, -0.25) is 14.8 Å². The minimum absolute atomic E-state index is 0.0107. The van der Waals surface area contributed by atoms with Gasteiger partial charge in [-0.25, -0.2) is 0 Å². The van der Waals surface area contributed by atoms with Gasteiger partial charge in [0.2, 0.25) is 0 Å². The Labute approximate surface area is 155 Å². The minimum atomic E-state index is -0.387. The quantitative estimate of drug-likeness (QED) is 0.740. The average Bonchev–Trinajstić information content (AvgIpc) is 3.10. The van der Waals surface area contributed by atoms with E-state index in [2.05, 4.69) is 9.97 Å². The smallest absolute Gasteiger partial charge is 0.262 e. The molecule has 136 valence electrons. The predicted molar refractivity (Wildman–Crippen MR) is 96.2 cm³/mol. The first-order chi connectivity index (χ1) is 13.1. The molecule has 1 aliphatic heterocycles. The first-order valence-corrected chi connectivity index (χ1v) is 8.42. The Morgan fingerprint density at radius 1 is 1.07 bits per heavy atom. The van der Waals surface area contributed by atoms with Crippen LogP contribution in [0.3, 0.4) is 0 Å². The molecule has 0 saturated carbocycles. The number of nitrogens with zero attached hydrogens (tertiary/aromatic N) is 3. The number of aromatic hydroxyl groups is 2. The van der Waals surface area contributed by atoms with Crippen LogP contribution in [-0.2, 0) is 19.7 Å². The van der Waals surface area contributed by atoms with Crippen molar-refractivity contribution in [3.8, 4) is 17.2 Å². The molecular weight excluding hydrogens is 346 g/mol. The van der Waals surface area contributed by atoms with Crippen LogP contribution in [0.5, 0.6) is 17.2 Å². The summed E-state index contributed by atoms with van der Waals surface area (Å²) < 4.78 is 5.70. The van der Waals surface area contributed by atoms with Crippen LogP contribution in [0, 0.1) is 0 Å². The summed E-state index contributed by atoms with van der Waals surface area (Å²) in [5.74, 6) is -0.806. The predicted octanol–water partition coefficient (Wildman–Crippen LogP) is 2.62. The van der Waals surface area contributed by atoms with Crippen LogP contribution in [0.4, 0.5) is 0 Å². The highest BCUT2D eigenvalue weighted by molar-refractivity contribution is 6.00. The SMILES string of the molecule is O=C(c1c(O)cc(O)cc1OCc1ccccn1)N1Cc2cccnc2C1. The van der Waals surface area contributed by atoms with E-state index in [-0.39, 0.29) is 35.3 Å². The van der Waals surface area contributed by atoms with E-state index in [0.717, 1.165) is 17.3 Å². The van der Waals surface area contributed by atoms with Crippen LogP contribution >= 0.6 is 0 Å². The number of hydrogen-bond donors (Lipinski definition) is 2. The number of carbonyl (C=O) groups excluding carboxylic acids is 1. The van der Waals surface area contributed by atoms with Gasteiger partial charge in [-0.05, 0) is 23.8 Å². The summed E-state index contributed by atoms with van der Waals surface area (Å²) in [6, 6.07) is 11.6. The Bertz CT molecular complexity index is 967. The molecule has 0 bridgehead atoms. The second-order valence-corrected chi connectivity index (χ2v) is 6.22. The molecule has 0 radical (unpaired) electrons. The van der Waals surface area contributed by atoms with E-state index in [1.165, 1.54) is 6.07 Å². The molecule has 2 N–H and O–H groups in total. The fourth-order valence-corrected chi connectivity index (χ4v) is 3.05. The van der Waals surface area contributed by atoms with Crippen molar-refractivity contribution in [2.75, 3.05) is 0 Å². The number of amides is 1. The third-order valence-corrected chi connectivity index (χ3v) is 4.36. The second-order valence-electron chi connectivity index (χ2n) is 6.22. The first-order valence-electron chi connectivity index (χ1n) is 8.42. The third kappa shape index (κ3) is 3.39. The lowest BCUT2D eigenvalue weighted by Gasteiger charge is -2.19. The lowest BCUT2D eigenvalue weighted by molar-refractivity contribution is 0.0742. The zero-order chi connectivity index (χ0) is 18.8. The van der Waals surface area contributed by atoms with Gasteiger partial charge in [-0.15, -0.1) is 0 Å². The normalized spacial score (nSPS) is 12.7. The zero-order valence-electron chi connectivity index (χ0n) is 14.4. The molecule has 3 heterocycles. The number of phenolic OH excluding ortho intramolecular Hbond substituents is 2. The Morgan fingerprint density at radius 2 is 1.93 bits per heavy atom. The molecule has 0 aliphatic carbocycles. The van der Waals surface area contributed by atoms with Gasteiger partial charge in [0.15, 0.2) is 0 Å². The summed E-state index contributed by atoms with van der Waals surface area (Å²) in [5.41, 5.74) is 2.48. The Morgan fingerprint density at radius 3 is 2.70 bits per heavy atom. The number of rotatable bonds is 4. The summed E-state index contributed by atoms with van der Waals surface area (Å²) >= 11 is 0. The van der Waals surface area contributed by atoms with E-state index >= 15 is 0 Å². The summed E-state index contributed by atoms with van der Waals surface area (Å²) in [6.45, 7) is 0.864. The van der Waals surface area contributed by atoms with E-state index in [9.17, 15) is 15.0 Å². The van der Waals surface area contributed by atoms with E-state index < -0.39 is 0 Å². The largest absolute Gasteiger partial charge is 0.508 e. The topological polar surface area (TPSA) is 95.8 Å². The lowest BCUT2D eigenvalue weighted by Crippen LogP contribution is -2.26. The van der Waals surface area contributed by atoms with Crippen molar-refractivity contribution in [1.82, 2.24) is 14.9 Å². The fraction of sp³-hybridized carbons (Fsp3) is 0.150. The molecule has 0 spiro atoms. The maximum atomic E-state index is 13.0. The van der Waals surface area contributed by atoms with Crippen molar-refractivity contribution in [2.24, 2.45) is 0 Å². The molecule has 4 rings (SSSR count). The number of fused-ring (bicyclic) bond motifs is 1. The Balaban J connectivity index is 1.61. The zero-order valence-corrected chi connectivity index (χ0v) is 14.4. The van der Waals surface area contributed by atoms with Crippen LogP contribution in [-0.4, -0.2) is 31.0 Å². The van der Waals surface area contributed by atoms with E-state index in [1.807, 2.05) is 18.2 Å². The summed E-state index contributed by atoms with van der Waals surface area (Å²) in [6.07, 6.45) is 3.32. The summed E-state index contributed by atoms with van der Waals surface area (Å²) in [4.78, 5) is 23.1. The highest BCUT2D eigenvalue weighted by atomic mass is 16.5. The number of phenols is 2. The maximum Gasteiger partial charge on any atom is 0.262 e. The number of ether oxygens (including phenoxy) is 1. The monoisotopic (exact) mass is 363 g/mol. The summed E-state index contributed by atoms with van der Waals surface area (Å²) in [5, 5.41) is 20.1. The van der Waals surface area contributed by atoms with Gasteiger partial charge in [0, 0.05) is 31.1 Å². The van der Waals surface area contributed by atoms with Crippen LogP contribution in [0.2, 0.25) is 0 Å². The Hall–Kier alpha value is -3.61. The molecule has 27 heavy (non-hydrogen) atoms. The van der Waals surface area contributed by atoms with Crippen molar-refractivity contribution in [2.45, 2.75) is 19.7 Å². The van der Waals surface area contributed by atoms with Crippen LogP contribution < -0.4 is 4.74 Å². The lowest BCUT2D eigenvalue weighted by atomic mass is 10.1. The molecular formula is C20H17N3O4. The molecule has 7 heteroatoms. The molecule has 1 amide bonds. The minimum Gasteiger partial charge on any atom is -0.508 e. The average molecular weight is 363 g/mol. The molecule has 7 nitrogen and oxygen atoms in total. The highest BCUT2D eigenvalue weighted by Crippen LogP contribution is 2.36. The van der Waals surface area contributed by atoms with Crippen molar-refractivity contribution in [3.63, 3.8) is 0 Å². The van der Waals surface area contributed by atoms with Gasteiger partial charge in [0.1, 0.15) is 29.4 Å². The molecule has 0 fully saturated rings. The molecule has 0 saturated heterocycles. The van der Waals surface area contributed by atoms with Gasteiger partial charge < -0.3 is 19.8 Å². The third-order valence-electron chi connectivity index (χ3n) is 4.36. The van der Waals surface area contributed by atoms with Crippen molar-refractivity contribution < 1.29 is 19.7 Å². The van der Waals surface area contributed by atoms with Gasteiger partial charge in [-0.1, -0.05) is 12.1 Å². The second kappa shape index (κ2) is 6.95. The highest BCUT2D eigenvalue weighted by Gasteiger charge is 2.29. The number of benzene rings is 1. The van der Waals surface area contributed by atoms with Crippen LogP contribution in [0.25, 0.3) is 0 Å². The molecule has 2 aromatic heterocycles. The fourth-order valence-electron chi connectivity index (χ4n) is 3.05.